The summed E-state index contributed by atoms with van der Waals surface area (Å²) in [5.41, 5.74) is -0.548. The molecule has 3 aliphatic heterocycles. The van der Waals surface area contributed by atoms with Crippen molar-refractivity contribution >= 4 is 14.3 Å². The molecule has 3 saturated heterocycles. The Bertz CT molecular complexity index is 787. The lowest BCUT2D eigenvalue weighted by atomic mass is 9.50. The molecule has 1 saturated carbocycles. The summed E-state index contributed by atoms with van der Waals surface area (Å²) in [5, 5.41) is 0.0732. The molecular weight excluding hydrogens is 476 g/mol. The van der Waals surface area contributed by atoms with Gasteiger partial charge >= 0.3 is 5.97 Å². The van der Waals surface area contributed by atoms with Crippen LogP contribution >= 0.6 is 0 Å². The molecule has 0 bridgehead atoms. The van der Waals surface area contributed by atoms with E-state index in [0.717, 1.165) is 38.7 Å². The van der Waals surface area contributed by atoms with Crippen LogP contribution in [0.3, 0.4) is 0 Å². The number of hydrogen-bond donors (Lipinski definition) is 0. The number of carbonyl (C=O) groups excluding carboxylic acids is 1. The van der Waals surface area contributed by atoms with Gasteiger partial charge in [-0.3, -0.25) is 4.79 Å². The molecule has 0 radical (unpaired) electrons. The van der Waals surface area contributed by atoms with Crippen molar-refractivity contribution in [3.05, 3.63) is 0 Å². The lowest BCUT2D eigenvalue weighted by Gasteiger charge is -2.58. The fourth-order valence-electron chi connectivity index (χ4n) is 7.35. The van der Waals surface area contributed by atoms with Crippen LogP contribution in [0.2, 0.25) is 18.1 Å². The molecule has 0 aromatic carbocycles. The predicted octanol–water partition coefficient (Wildman–Crippen LogP) is 5.67. The van der Waals surface area contributed by atoms with Gasteiger partial charge in [0, 0.05) is 43.3 Å². The van der Waals surface area contributed by atoms with E-state index < -0.39 is 8.32 Å². The van der Waals surface area contributed by atoms with E-state index in [4.69, 9.17) is 28.1 Å². The van der Waals surface area contributed by atoms with Crippen LogP contribution in [0, 0.1) is 23.2 Å². The van der Waals surface area contributed by atoms with Crippen LogP contribution in [0.4, 0.5) is 0 Å². The highest BCUT2D eigenvalue weighted by molar-refractivity contribution is 6.74. The molecule has 1 aliphatic carbocycles. The minimum absolute atomic E-state index is 0.0313. The summed E-state index contributed by atoms with van der Waals surface area (Å²) in [4.78, 5) is 12.2. The lowest BCUT2D eigenvalue weighted by Crippen LogP contribution is -2.62. The van der Waals surface area contributed by atoms with Gasteiger partial charge in [-0.15, -0.1) is 0 Å². The first-order valence-electron chi connectivity index (χ1n) is 14.1. The largest absolute Gasteiger partial charge is 0.462 e. The number of rotatable bonds is 7. The van der Waals surface area contributed by atoms with Gasteiger partial charge in [0.1, 0.15) is 6.10 Å². The first-order chi connectivity index (χ1) is 16.7. The van der Waals surface area contributed by atoms with Crippen LogP contribution in [-0.2, 0) is 32.9 Å². The van der Waals surface area contributed by atoms with Gasteiger partial charge in [0.25, 0.3) is 0 Å². The second kappa shape index (κ2) is 10.2. The first kappa shape index (κ1) is 28.5. The topological polar surface area (TPSA) is 72.5 Å². The summed E-state index contributed by atoms with van der Waals surface area (Å²) in [6, 6.07) is 0. The molecule has 7 atom stereocenters. The van der Waals surface area contributed by atoms with Gasteiger partial charge in [-0.1, -0.05) is 27.7 Å². The zero-order valence-corrected chi connectivity index (χ0v) is 25.1. The molecule has 0 aromatic rings. The van der Waals surface area contributed by atoms with Gasteiger partial charge in [0.15, 0.2) is 20.9 Å². The minimum atomic E-state index is -2.12. The Balaban J connectivity index is 1.77. The van der Waals surface area contributed by atoms with Crippen molar-refractivity contribution in [1.29, 1.82) is 0 Å². The maximum Gasteiger partial charge on any atom is 0.302 e. The van der Waals surface area contributed by atoms with Crippen molar-refractivity contribution in [1.82, 2.24) is 0 Å². The SMILES string of the molecule is CC(=O)O[C@H]1C[C@H]2C(C)(C)O[C@@H]3OCCC[C@@]32[C@@H]([C@@H](CCC2OCCO2)O[Si](C)(C)C(C)(C)C)[C@H]1C. The van der Waals surface area contributed by atoms with Crippen LogP contribution < -0.4 is 0 Å². The van der Waals surface area contributed by atoms with E-state index in [9.17, 15) is 4.79 Å². The Hall–Kier alpha value is -0.513. The maximum atomic E-state index is 12.2. The van der Waals surface area contributed by atoms with E-state index in [-0.39, 0.29) is 64.6 Å². The van der Waals surface area contributed by atoms with Gasteiger partial charge in [-0.05, 0) is 63.6 Å². The second-order valence-corrected chi connectivity index (χ2v) is 18.4. The molecule has 4 rings (SSSR count). The molecule has 0 aromatic heterocycles. The molecule has 4 fully saturated rings. The second-order valence-electron chi connectivity index (χ2n) is 13.6. The number of esters is 1. The zero-order valence-electron chi connectivity index (χ0n) is 24.1. The molecule has 0 N–H and O–H groups in total. The van der Waals surface area contributed by atoms with Crippen molar-refractivity contribution < 1.29 is 32.9 Å². The molecule has 7 nitrogen and oxygen atoms in total. The Labute approximate surface area is 219 Å². The average Bonchev–Trinajstić information content (AvgIpc) is 3.35. The minimum Gasteiger partial charge on any atom is -0.462 e. The van der Waals surface area contributed by atoms with Gasteiger partial charge in [0.2, 0.25) is 0 Å². The van der Waals surface area contributed by atoms with Gasteiger partial charge < -0.3 is 28.1 Å². The summed E-state index contributed by atoms with van der Waals surface area (Å²) < 4.78 is 38.1. The van der Waals surface area contributed by atoms with Crippen LogP contribution in [0.5, 0.6) is 0 Å². The maximum absolute atomic E-state index is 12.2. The zero-order chi connectivity index (χ0) is 26.5. The Morgan fingerprint density at radius 2 is 1.78 bits per heavy atom. The molecule has 0 amide bonds. The van der Waals surface area contributed by atoms with Crippen LogP contribution in [-0.4, -0.2) is 64.5 Å². The number of hydrogen-bond acceptors (Lipinski definition) is 7. The third-order valence-corrected chi connectivity index (χ3v) is 14.5. The Morgan fingerprint density at radius 1 is 1.11 bits per heavy atom. The van der Waals surface area contributed by atoms with E-state index in [0.29, 0.717) is 13.2 Å². The summed E-state index contributed by atoms with van der Waals surface area (Å²) in [6.45, 7) is 21.7. The molecule has 36 heavy (non-hydrogen) atoms. The quantitative estimate of drug-likeness (QED) is 0.313. The van der Waals surface area contributed by atoms with Crippen molar-refractivity contribution in [3.63, 3.8) is 0 Å². The summed E-state index contributed by atoms with van der Waals surface area (Å²) >= 11 is 0. The van der Waals surface area contributed by atoms with Crippen molar-refractivity contribution in [2.45, 2.75) is 129 Å². The van der Waals surface area contributed by atoms with Gasteiger partial charge in [0.05, 0.1) is 18.8 Å². The standard InChI is InChI=1S/C28H50O7Si/c1-18-21(33-19(2)29)17-22-27(6,7)34-25-28(22,13-10-14-32-25)24(18)20(11-12-23-30-15-16-31-23)35-36(8,9)26(3,4)5/h18,20-25H,10-17H2,1-9H3/t18-,20+,21-,22-,24+,25-,28+/m0/s1. The molecule has 3 heterocycles. The van der Waals surface area contributed by atoms with E-state index in [2.05, 4.69) is 54.6 Å². The van der Waals surface area contributed by atoms with Crippen molar-refractivity contribution in [2.75, 3.05) is 19.8 Å². The summed E-state index contributed by atoms with van der Waals surface area (Å²) in [6.07, 6.45) is 3.83. The third kappa shape index (κ3) is 5.19. The molecule has 0 unspecified atom stereocenters. The average molecular weight is 527 g/mol. The number of ether oxygens (including phenoxy) is 5. The van der Waals surface area contributed by atoms with E-state index in [1.54, 1.807) is 0 Å². The molecule has 1 spiro atoms. The van der Waals surface area contributed by atoms with Gasteiger partial charge in [-0.2, -0.15) is 0 Å². The van der Waals surface area contributed by atoms with E-state index in [1.165, 1.54) is 6.92 Å². The molecular formula is C28H50O7Si. The van der Waals surface area contributed by atoms with Crippen molar-refractivity contribution in [3.8, 4) is 0 Å². The summed E-state index contributed by atoms with van der Waals surface area (Å²) in [5.74, 6) is 0.241. The molecule has 4 aliphatic rings. The van der Waals surface area contributed by atoms with Crippen molar-refractivity contribution in [2.24, 2.45) is 23.2 Å². The Morgan fingerprint density at radius 3 is 2.39 bits per heavy atom. The van der Waals surface area contributed by atoms with Gasteiger partial charge in [-0.25, -0.2) is 0 Å². The first-order valence-corrected chi connectivity index (χ1v) is 17.0. The fourth-order valence-corrected chi connectivity index (χ4v) is 8.73. The Kier molecular flexibility index (Phi) is 8.10. The lowest BCUT2D eigenvalue weighted by molar-refractivity contribution is -0.245. The van der Waals surface area contributed by atoms with Crippen LogP contribution in [0.1, 0.15) is 80.6 Å². The van der Waals surface area contributed by atoms with Crippen LogP contribution in [0.15, 0.2) is 0 Å². The van der Waals surface area contributed by atoms with E-state index in [1.807, 2.05) is 0 Å². The predicted molar refractivity (Wildman–Crippen MR) is 140 cm³/mol. The highest BCUT2D eigenvalue weighted by atomic mass is 28.4. The smallest absolute Gasteiger partial charge is 0.302 e. The molecule has 208 valence electrons. The summed E-state index contributed by atoms with van der Waals surface area (Å²) in [7, 11) is -2.12. The monoisotopic (exact) mass is 526 g/mol. The highest BCUT2D eigenvalue weighted by Gasteiger charge is 2.70. The normalized spacial score (nSPS) is 37.9. The number of carbonyl (C=O) groups is 1. The van der Waals surface area contributed by atoms with E-state index >= 15 is 0 Å². The molecule has 8 heteroatoms. The highest BCUT2D eigenvalue weighted by Crippen LogP contribution is 2.66. The fraction of sp³-hybridized carbons (Fsp3) is 0.964. The third-order valence-electron chi connectivity index (χ3n) is 9.95. The van der Waals surface area contributed by atoms with Crippen LogP contribution in [0.25, 0.3) is 0 Å².